The molecule has 0 spiro atoms. The number of benzene rings is 2. The zero-order valence-corrected chi connectivity index (χ0v) is 17.2. The highest BCUT2D eigenvalue weighted by molar-refractivity contribution is 7.80. The Morgan fingerprint density at radius 2 is 1.79 bits per heavy atom. The van der Waals surface area contributed by atoms with Crippen molar-refractivity contribution in [3.63, 3.8) is 0 Å². The van der Waals surface area contributed by atoms with Crippen LogP contribution in [0, 0.1) is 0 Å². The third kappa shape index (κ3) is 7.79. The number of hydrogen-bond acceptors (Lipinski definition) is 6. The number of carbonyl (C=O) groups is 2. The van der Waals surface area contributed by atoms with E-state index in [1.165, 1.54) is 0 Å². The number of thiocarbonyl (C=S) groups is 1. The summed E-state index contributed by atoms with van der Waals surface area (Å²) in [5.41, 5.74) is 1.09. The number of carbonyl (C=O) groups excluding carboxylic acids is 2. The Bertz CT molecular complexity index is 839. The first kappa shape index (κ1) is 22.2. The summed E-state index contributed by atoms with van der Waals surface area (Å²) < 4.78 is 15.7. The van der Waals surface area contributed by atoms with Gasteiger partial charge in [-0.2, -0.15) is 0 Å². The van der Waals surface area contributed by atoms with Crippen molar-refractivity contribution in [1.82, 2.24) is 5.32 Å². The van der Waals surface area contributed by atoms with E-state index in [0.29, 0.717) is 29.4 Å². The number of anilines is 1. The second-order valence-electron chi connectivity index (χ2n) is 6.04. The van der Waals surface area contributed by atoms with Crippen LogP contribution >= 0.6 is 12.2 Å². The summed E-state index contributed by atoms with van der Waals surface area (Å²) in [7, 11) is 1.55. The van der Waals surface area contributed by atoms with Crippen molar-refractivity contribution in [2.75, 3.05) is 25.6 Å². The zero-order chi connectivity index (χ0) is 21.1. The van der Waals surface area contributed by atoms with Crippen LogP contribution in [0.15, 0.2) is 48.5 Å². The molecule has 0 heterocycles. The van der Waals surface area contributed by atoms with Gasteiger partial charge >= 0.3 is 5.97 Å². The van der Waals surface area contributed by atoms with Crippen molar-refractivity contribution in [1.29, 1.82) is 0 Å². The number of esters is 1. The van der Waals surface area contributed by atoms with Crippen LogP contribution in [0.2, 0.25) is 0 Å². The molecule has 2 aromatic rings. The minimum atomic E-state index is -0.401. The van der Waals surface area contributed by atoms with E-state index < -0.39 is 5.91 Å². The number of rotatable bonds is 9. The highest BCUT2D eigenvalue weighted by atomic mass is 32.1. The molecule has 0 atom stereocenters. The fraction of sp³-hybridized carbons (Fsp3) is 0.286. The van der Waals surface area contributed by atoms with E-state index in [-0.39, 0.29) is 17.7 Å². The minimum absolute atomic E-state index is 0.127. The molecule has 0 aliphatic rings. The highest BCUT2D eigenvalue weighted by Gasteiger charge is 2.09. The second kappa shape index (κ2) is 11.7. The SMILES string of the molecule is CCCCOC(=O)c1ccc(NC(=S)NC(=O)COc2cccc(OC)c2)cc1. The van der Waals surface area contributed by atoms with Gasteiger partial charge in [0.05, 0.1) is 19.3 Å². The van der Waals surface area contributed by atoms with Gasteiger partial charge in [-0.1, -0.05) is 19.4 Å². The number of amides is 1. The molecule has 0 bridgehead atoms. The van der Waals surface area contributed by atoms with E-state index >= 15 is 0 Å². The number of unbranched alkanes of at least 4 members (excludes halogenated alkanes) is 1. The topological polar surface area (TPSA) is 85.9 Å². The van der Waals surface area contributed by atoms with E-state index in [0.717, 1.165) is 12.8 Å². The second-order valence-corrected chi connectivity index (χ2v) is 6.45. The Labute approximate surface area is 175 Å². The van der Waals surface area contributed by atoms with Gasteiger partial charge < -0.3 is 19.5 Å². The largest absolute Gasteiger partial charge is 0.497 e. The summed E-state index contributed by atoms with van der Waals surface area (Å²) in [6.45, 7) is 2.24. The summed E-state index contributed by atoms with van der Waals surface area (Å²) in [5, 5.41) is 5.54. The molecule has 0 fully saturated rings. The summed E-state index contributed by atoms with van der Waals surface area (Å²) in [4.78, 5) is 23.9. The standard InChI is InChI=1S/C21H24N2O5S/c1-3-4-12-27-20(25)15-8-10-16(11-9-15)22-21(29)23-19(24)14-28-18-7-5-6-17(13-18)26-2/h5-11,13H,3-4,12,14H2,1-2H3,(H2,22,23,24,29). The summed E-state index contributed by atoms with van der Waals surface area (Å²) in [5.74, 6) is 0.384. The molecule has 8 heteroatoms. The van der Waals surface area contributed by atoms with Crippen molar-refractivity contribution in [2.24, 2.45) is 0 Å². The van der Waals surface area contributed by atoms with Gasteiger partial charge in [0.2, 0.25) is 0 Å². The minimum Gasteiger partial charge on any atom is -0.497 e. The summed E-state index contributed by atoms with van der Waals surface area (Å²) in [6, 6.07) is 13.6. The van der Waals surface area contributed by atoms with E-state index in [2.05, 4.69) is 10.6 Å². The Hall–Kier alpha value is -3.13. The first-order valence-corrected chi connectivity index (χ1v) is 9.57. The van der Waals surface area contributed by atoms with Crippen LogP contribution in [-0.4, -0.2) is 37.3 Å². The predicted molar refractivity (Wildman–Crippen MR) is 114 cm³/mol. The molecular formula is C21H24N2O5S. The lowest BCUT2D eigenvalue weighted by Crippen LogP contribution is -2.37. The Morgan fingerprint density at radius 1 is 1.07 bits per heavy atom. The monoisotopic (exact) mass is 416 g/mol. The summed E-state index contributed by atoms with van der Waals surface area (Å²) in [6.07, 6.45) is 1.80. The predicted octanol–water partition coefficient (Wildman–Crippen LogP) is 3.54. The first-order valence-electron chi connectivity index (χ1n) is 9.16. The molecule has 0 aromatic heterocycles. The van der Waals surface area contributed by atoms with E-state index in [1.807, 2.05) is 6.92 Å². The van der Waals surface area contributed by atoms with Crippen LogP contribution < -0.4 is 20.1 Å². The van der Waals surface area contributed by atoms with E-state index in [4.69, 9.17) is 26.4 Å². The number of nitrogens with one attached hydrogen (secondary N) is 2. The Morgan fingerprint density at radius 3 is 2.48 bits per heavy atom. The third-order valence-corrected chi connectivity index (χ3v) is 3.98. The normalized spacial score (nSPS) is 10.0. The van der Waals surface area contributed by atoms with Gasteiger partial charge in [-0.15, -0.1) is 0 Å². The fourth-order valence-electron chi connectivity index (χ4n) is 2.25. The highest BCUT2D eigenvalue weighted by Crippen LogP contribution is 2.18. The Balaban J connectivity index is 1.77. The molecule has 2 aromatic carbocycles. The van der Waals surface area contributed by atoms with Gasteiger partial charge in [0.15, 0.2) is 11.7 Å². The van der Waals surface area contributed by atoms with Crippen LogP contribution in [0.25, 0.3) is 0 Å². The van der Waals surface area contributed by atoms with Crippen molar-refractivity contribution >= 4 is 34.9 Å². The number of methoxy groups -OCH3 is 1. The van der Waals surface area contributed by atoms with Crippen molar-refractivity contribution in [3.05, 3.63) is 54.1 Å². The molecule has 0 aliphatic carbocycles. The molecular weight excluding hydrogens is 392 g/mol. The van der Waals surface area contributed by atoms with Crippen LogP contribution in [-0.2, 0) is 9.53 Å². The molecule has 7 nitrogen and oxygen atoms in total. The van der Waals surface area contributed by atoms with Crippen LogP contribution in [0.4, 0.5) is 5.69 Å². The maximum Gasteiger partial charge on any atom is 0.338 e. The number of ether oxygens (including phenoxy) is 3. The van der Waals surface area contributed by atoms with Gasteiger partial charge in [-0.25, -0.2) is 4.79 Å². The van der Waals surface area contributed by atoms with Gasteiger partial charge in [0.25, 0.3) is 5.91 Å². The van der Waals surface area contributed by atoms with Gasteiger partial charge in [-0.3, -0.25) is 10.1 Å². The van der Waals surface area contributed by atoms with Crippen LogP contribution in [0.5, 0.6) is 11.5 Å². The molecule has 0 aliphatic heterocycles. The zero-order valence-electron chi connectivity index (χ0n) is 16.4. The lowest BCUT2D eigenvalue weighted by atomic mass is 10.2. The molecule has 2 rings (SSSR count). The summed E-state index contributed by atoms with van der Waals surface area (Å²) >= 11 is 5.13. The van der Waals surface area contributed by atoms with Crippen molar-refractivity contribution in [2.45, 2.75) is 19.8 Å². The van der Waals surface area contributed by atoms with Crippen LogP contribution in [0.1, 0.15) is 30.1 Å². The molecule has 0 unspecified atom stereocenters. The van der Waals surface area contributed by atoms with Gasteiger partial charge in [0.1, 0.15) is 11.5 Å². The maximum absolute atomic E-state index is 12.0. The lowest BCUT2D eigenvalue weighted by molar-refractivity contribution is -0.121. The maximum atomic E-state index is 12.0. The van der Waals surface area contributed by atoms with E-state index in [1.54, 1.807) is 55.6 Å². The molecule has 154 valence electrons. The molecule has 1 amide bonds. The quantitative estimate of drug-likeness (QED) is 0.367. The van der Waals surface area contributed by atoms with Crippen LogP contribution in [0.3, 0.4) is 0 Å². The van der Waals surface area contributed by atoms with Crippen molar-refractivity contribution in [3.8, 4) is 11.5 Å². The van der Waals surface area contributed by atoms with Gasteiger partial charge in [-0.05, 0) is 55.0 Å². The lowest BCUT2D eigenvalue weighted by Gasteiger charge is -2.11. The van der Waals surface area contributed by atoms with E-state index in [9.17, 15) is 9.59 Å². The fourth-order valence-corrected chi connectivity index (χ4v) is 2.48. The smallest absolute Gasteiger partial charge is 0.338 e. The molecule has 0 saturated heterocycles. The molecule has 0 radical (unpaired) electrons. The third-order valence-electron chi connectivity index (χ3n) is 3.77. The first-order chi connectivity index (χ1) is 14.0. The molecule has 0 saturated carbocycles. The van der Waals surface area contributed by atoms with Crippen molar-refractivity contribution < 1.29 is 23.8 Å². The average molecular weight is 416 g/mol. The molecule has 2 N–H and O–H groups in total. The van der Waals surface area contributed by atoms with Gasteiger partial charge in [0, 0.05) is 11.8 Å². The molecule has 29 heavy (non-hydrogen) atoms. The number of hydrogen-bond donors (Lipinski definition) is 2. The Kier molecular flexibility index (Phi) is 8.91. The average Bonchev–Trinajstić information content (AvgIpc) is 2.73.